The highest BCUT2D eigenvalue weighted by molar-refractivity contribution is 7.91. The topological polar surface area (TPSA) is 32.3 Å². The summed E-state index contributed by atoms with van der Waals surface area (Å²) in [7, 11) is 1.60. The van der Waals surface area contributed by atoms with Gasteiger partial charge < -0.3 is 9.29 Å². The van der Waals surface area contributed by atoms with Crippen LogP contribution in [-0.2, 0) is 17.6 Å². The summed E-state index contributed by atoms with van der Waals surface area (Å²) in [6.07, 6.45) is 5.60. The lowest BCUT2D eigenvalue weighted by atomic mass is 10.1. The summed E-state index contributed by atoms with van der Waals surface area (Å²) >= 11 is 10.7. The van der Waals surface area contributed by atoms with E-state index in [1.54, 1.807) is 37.4 Å². The van der Waals surface area contributed by atoms with E-state index >= 15 is 0 Å². The first-order chi connectivity index (χ1) is 10.6. The zero-order chi connectivity index (χ0) is 15.9. The van der Waals surface area contributed by atoms with E-state index in [1.807, 2.05) is 18.2 Å². The van der Waals surface area contributed by atoms with Crippen LogP contribution in [0.15, 0.2) is 53.4 Å². The quantitative estimate of drug-likeness (QED) is 0.704. The van der Waals surface area contributed by atoms with Crippen molar-refractivity contribution in [2.45, 2.75) is 11.3 Å². The van der Waals surface area contributed by atoms with Crippen molar-refractivity contribution in [2.24, 2.45) is 0 Å². The molecule has 0 aliphatic carbocycles. The van der Waals surface area contributed by atoms with E-state index < -0.39 is 11.2 Å². The van der Waals surface area contributed by atoms with Crippen LogP contribution in [0, 0.1) is 6.08 Å². The van der Waals surface area contributed by atoms with Gasteiger partial charge >= 0.3 is 0 Å². The second-order valence-corrected chi connectivity index (χ2v) is 6.79. The molecule has 0 amide bonds. The van der Waals surface area contributed by atoms with Gasteiger partial charge in [-0.1, -0.05) is 35.3 Å². The molecule has 0 aliphatic heterocycles. The molecule has 0 fully saturated rings. The van der Waals surface area contributed by atoms with Crippen LogP contribution in [0.2, 0.25) is 10.0 Å². The number of hydrogen-bond acceptors (Lipinski definition) is 2. The third-order valence-electron chi connectivity index (χ3n) is 3.00. The Morgan fingerprint density at radius 1 is 1.14 bits per heavy atom. The summed E-state index contributed by atoms with van der Waals surface area (Å²) < 4.78 is 17.2. The fourth-order valence-corrected chi connectivity index (χ4v) is 3.00. The summed E-state index contributed by atoms with van der Waals surface area (Å²) in [5.74, 6) is 1.10. The molecule has 22 heavy (non-hydrogen) atoms. The molecule has 1 radical (unpaired) electrons. The largest absolute Gasteiger partial charge is 0.611 e. The van der Waals surface area contributed by atoms with Crippen molar-refractivity contribution in [1.29, 1.82) is 0 Å². The first-order valence-corrected chi connectivity index (χ1v) is 8.69. The zero-order valence-electron chi connectivity index (χ0n) is 12.0. The average Bonchev–Trinajstić information content (AvgIpc) is 2.54. The smallest absolute Gasteiger partial charge is 0.153 e. The van der Waals surface area contributed by atoms with E-state index in [0.717, 1.165) is 16.2 Å². The van der Waals surface area contributed by atoms with Crippen LogP contribution in [0.5, 0.6) is 5.75 Å². The number of allylic oxidation sites excluding steroid dienone is 1. The van der Waals surface area contributed by atoms with Crippen molar-refractivity contribution in [1.82, 2.24) is 0 Å². The average molecular weight is 354 g/mol. The Bertz CT molecular complexity index is 642. The fourth-order valence-electron chi connectivity index (χ4n) is 1.80. The Labute approximate surface area is 143 Å². The van der Waals surface area contributed by atoms with Gasteiger partial charge in [-0.2, -0.15) is 0 Å². The van der Waals surface area contributed by atoms with Gasteiger partial charge in [-0.25, -0.2) is 0 Å². The molecule has 0 aromatic heterocycles. The SMILES string of the molecule is COc1ccc([S+]([O-])C/[C]=C\Cc2ccc(Cl)c(Cl)c2)cc1. The molecule has 0 saturated heterocycles. The predicted octanol–water partition coefficient (Wildman–Crippen LogP) is 4.71. The van der Waals surface area contributed by atoms with Crippen LogP contribution in [0.4, 0.5) is 0 Å². The number of hydrogen-bond donors (Lipinski definition) is 0. The van der Waals surface area contributed by atoms with Gasteiger partial charge in [0.05, 0.1) is 17.2 Å². The molecule has 2 nitrogen and oxygen atoms in total. The Morgan fingerprint density at radius 3 is 2.50 bits per heavy atom. The molecule has 0 aliphatic rings. The molecule has 1 unspecified atom stereocenters. The Kier molecular flexibility index (Phi) is 6.65. The zero-order valence-corrected chi connectivity index (χ0v) is 14.3. The van der Waals surface area contributed by atoms with Crippen LogP contribution in [-0.4, -0.2) is 17.4 Å². The summed E-state index contributed by atoms with van der Waals surface area (Å²) in [6, 6.07) is 12.7. The van der Waals surface area contributed by atoms with E-state index in [0.29, 0.717) is 22.2 Å². The number of benzene rings is 2. The minimum Gasteiger partial charge on any atom is -0.611 e. The molecule has 0 N–H and O–H groups in total. The minimum absolute atomic E-state index is 0.355. The second-order valence-electron chi connectivity index (χ2n) is 4.53. The van der Waals surface area contributed by atoms with E-state index in [2.05, 4.69) is 6.08 Å². The lowest BCUT2D eigenvalue weighted by molar-refractivity contribution is 0.414. The van der Waals surface area contributed by atoms with Crippen molar-refractivity contribution in [3.63, 3.8) is 0 Å². The Morgan fingerprint density at radius 2 is 1.86 bits per heavy atom. The third-order valence-corrected chi connectivity index (χ3v) is 4.97. The van der Waals surface area contributed by atoms with Crippen molar-refractivity contribution in [3.05, 3.63) is 70.2 Å². The van der Waals surface area contributed by atoms with Gasteiger partial charge in [0.25, 0.3) is 0 Å². The van der Waals surface area contributed by atoms with Gasteiger partial charge in [0.1, 0.15) is 11.5 Å². The van der Waals surface area contributed by atoms with Gasteiger partial charge in [-0.05, 0) is 59.6 Å². The first-order valence-electron chi connectivity index (χ1n) is 6.61. The molecule has 2 rings (SSSR count). The molecule has 2 aromatic carbocycles. The predicted molar refractivity (Wildman–Crippen MR) is 92.2 cm³/mol. The Balaban J connectivity index is 1.86. The molecule has 0 bridgehead atoms. The molecule has 0 heterocycles. The van der Waals surface area contributed by atoms with Crippen LogP contribution < -0.4 is 4.74 Å². The van der Waals surface area contributed by atoms with Gasteiger partial charge in [0.2, 0.25) is 0 Å². The molecule has 0 saturated carbocycles. The summed E-state index contributed by atoms with van der Waals surface area (Å²) in [5.41, 5.74) is 1.04. The second kappa shape index (κ2) is 8.49. The Hall–Kier alpha value is -1.13. The standard InChI is InChI=1S/C17H15Cl2O2S/c1-21-14-6-8-15(9-7-14)22(20)11-3-2-4-13-5-10-16(18)17(19)12-13/h2,5-10,12H,4,11H2,1H3. The monoisotopic (exact) mass is 353 g/mol. The molecule has 2 aromatic rings. The van der Waals surface area contributed by atoms with Crippen molar-refractivity contribution >= 4 is 34.4 Å². The van der Waals surface area contributed by atoms with Gasteiger partial charge in [-0.3, -0.25) is 0 Å². The molecule has 115 valence electrons. The third kappa shape index (κ3) is 4.96. The lowest BCUT2D eigenvalue weighted by Crippen LogP contribution is -2.05. The molecule has 5 heteroatoms. The van der Waals surface area contributed by atoms with Crippen LogP contribution in [0.3, 0.4) is 0 Å². The molecule has 0 spiro atoms. The molecule has 1 atom stereocenters. The number of halogens is 2. The van der Waals surface area contributed by atoms with E-state index in [-0.39, 0.29) is 0 Å². The van der Waals surface area contributed by atoms with Crippen molar-refractivity contribution in [2.75, 3.05) is 12.9 Å². The van der Waals surface area contributed by atoms with Crippen LogP contribution in [0.1, 0.15) is 5.56 Å². The number of rotatable bonds is 6. The maximum atomic E-state index is 12.1. The minimum atomic E-state index is -1.10. The maximum absolute atomic E-state index is 12.1. The number of ether oxygens (including phenoxy) is 1. The van der Waals surface area contributed by atoms with Gasteiger partial charge in [0.15, 0.2) is 4.90 Å². The van der Waals surface area contributed by atoms with Gasteiger partial charge in [-0.15, -0.1) is 0 Å². The van der Waals surface area contributed by atoms with Gasteiger partial charge in [0, 0.05) is 6.08 Å². The highest BCUT2D eigenvalue weighted by Crippen LogP contribution is 2.23. The fraction of sp³-hybridized carbons (Fsp3) is 0.176. The molecular weight excluding hydrogens is 339 g/mol. The summed E-state index contributed by atoms with van der Waals surface area (Å²) in [5, 5.41) is 1.08. The van der Waals surface area contributed by atoms with E-state index in [1.165, 1.54) is 0 Å². The van der Waals surface area contributed by atoms with Crippen molar-refractivity contribution < 1.29 is 9.29 Å². The first kappa shape index (κ1) is 17.2. The molecular formula is C17H15Cl2O2S. The highest BCUT2D eigenvalue weighted by Gasteiger charge is 2.08. The highest BCUT2D eigenvalue weighted by atomic mass is 35.5. The van der Waals surface area contributed by atoms with E-state index in [4.69, 9.17) is 27.9 Å². The maximum Gasteiger partial charge on any atom is 0.153 e. The van der Waals surface area contributed by atoms with E-state index in [9.17, 15) is 4.55 Å². The summed E-state index contributed by atoms with van der Waals surface area (Å²) in [6.45, 7) is 0. The number of methoxy groups -OCH3 is 1. The van der Waals surface area contributed by atoms with Crippen LogP contribution >= 0.6 is 23.2 Å². The van der Waals surface area contributed by atoms with Crippen LogP contribution in [0.25, 0.3) is 0 Å². The summed E-state index contributed by atoms with van der Waals surface area (Å²) in [4.78, 5) is 0.760. The normalized spacial score (nSPS) is 12.5. The lowest BCUT2D eigenvalue weighted by Gasteiger charge is -2.08. The van der Waals surface area contributed by atoms with Crippen molar-refractivity contribution in [3.8, 4) is 5.75 Å².